The fraction of sp³-hybridized carbons (Fsp3) is 0.462. The first-order valence-corrected chi connectivity index (χ1v) is 5.72. The van der Waals surface area contributed by atoms with Crippen molar-refractivity contribution in [3.63, 3.8) is 0 Å². The Hall–Kier alpha value is -1.39. The highest BCUT2D eigenvalue weighted by Gasteiger charge is 2.16. The van der Waals surface area contributed by atoms with Crippen LogP contribution in [0, 0.1) is 27.7 Å². The quantitative estimate of drug-likeness (QED) is 0.742. The highest BCUT2D eigenvalue weighted by Crippen LogP contribution is 2.28. The van der Waals surface area contributed by atoms with Crippen LogP contribution in [0.4, 0.5) is 0 Å². The van der Waals surface area contributed by atoms with E-state index >= 15 is 0 Å². The summed E-state index contributed by atoms with van der Waals surface area (Å²) in [6.45, 7) is 7.90. The topological polar surface area (TPSA) is 69.1 Å². The number of hydrogen-bond donors (Lipinski definition) is 3. The van der Waals surface area contributed by atoms with Gasteiger partial charge in [0, 0.05) is 0 Å². The number of aromatic nitrogens is 2. The van der Waals surface area contributed by atoms with Crippen LogP contribution in [0.3, 0.4) is 0 Å². The highest BCUT2D eigenvalue weighted by atomic mass is 16.3. The summed E-state index contributed by atoms with van der Waals surface area (Å²) in [5.74, 6) is 0.429. The number of aliphatic hydroxyl groups excluding tert-OH is 2. The minimum absolute atomic E-state index is 0.324. The van der Waals surface area contributed by atoms with Gasteiger partial charge in [-0.1, -0.05) is 0 Å². The number of nitrogens with zero attached hydrogens (tertiary/aromatic N) is 1. The fourth-order valence-electron chi connectivity index (χ4n) is 2.11. The number of rotatable bonds is 2. The molecule has 0 unspecified atom stereocenters. The van der Waals surface area contributed by atoms with Crippen LogP contribution in [0.25, 0.3) is 11.0 Å². The smallest absolute Gasteiger partial charge is 0.138 e. The molecule has 1 atom stereocenters. The molecule has 0 aliphatic heterocycles. The minimum atomic E-state index is -0.943. The molecule has 17 heavy (non-hydrogen) atoms. The van der Waals surface area contributed by atoms with Crippen molar-refractivity contribution in [3.05, 3.63) is 28.1 Å². The van der Waals surface area contributed by atoms with Crippen LogP contribution in [-0.2, 0) is 0 Å². The molecule has 4 heteroatoms. The van der Waals surface area contributed by atoms with Gasteiger partial charge in [-0.15, -0.1) is 0 Å². The van der Waals surface area contributed by atoms with E-state index in [4.69, 9.17) is 5.11 Å². The molecule has 1 aromatic heterocycles. The van der Waals surface area contributed by atoms with E-state index in [1.807, 2.05) is 13.8 Å². The number of benzene rings is 1. The van der Waals surface area contributed by atoms with Gasteiger partial charge in [-0.05, 0) is 49.9 Å². The van der Waals surface area contributed by atoms with Crippen molar-refractivity contribution in [1.82, 2.24) is 9.97 Å². The average Bonchev–Trinajstić information content (AvgIpc) is 2.77. The van der Waals surface area contributed by atoms with E-state index in [1.165, 1.54) is 11.1 Å². The van der Waals surface area contributed by atoms with Gasteiger partial charge < -0.3 is 15.2 Å². The summed E-state index contributed by atoms with van der Waals surface area (Å²) in [4.78, 5) is 7.48. The summed E-state index contributed by atoms with van der Waals surface area (Å²) in [7, 11) is 0. The van der Waals surface area contributed by atoms with Crippen LogP contribution in [0.2, 0.25) is 0 Å². The van der Waals surface area contributed by atoms with Crippen molar-refractivity contribution >= 4 is 11.0 Å². The third-order valence-electron chi connectivity index (χ3n) is 3.63. The standard InChI is InChI=1S/C13H18N2O2/c1-6-7(2)9(4)12-11(8(6)3)14-13(15-12)10(17)5-16/h10,16-17H,5H2,1-4H3,(H,14,15)/t10-/m1/s1. The van der Waals surface area contributed by atoms with Crippen LogP contribution in [-0.4, -0.2) is 26.8 Å². The molecule has 0 spiro atoms. The Bertz CT molecular complexity index is 528. The molecule has 1 heterocycles. The van der Waals surface area contributed by atoms with Gasteiger partial charge in [-0.2, -0.15) is 0 Å². The average molecular weight is 234 g/mol. The van der Waals surface area contributed by atoms with Gasteiger partial charge in [0.05, 0.1) is 17.6 Å². The van der Waals surface area contributed by atoms with Gasteiger partial charge in [0.25, 0.3) is 0 Å². The molecule has 0 aliphatic carbocycles. The lowest BCUT2D eigenvalue weighted by molar-refractivity contribution is 0.0895. The number of aromatic amines is 1. The maximum absolute atomic E-state index is 9.61. The van der Waals surface area contributed by atoms with E-state index in [0.717, 1.165) is 22.2 Å². The number of imidazole rings is 1. The van der Waals surface area contributed by atoms with Crippen molar-refractivity contribution in [2.75, 3.05) is 6.61 Å². The van der Waals surface area contributed by atoms with Gasteiger partial charge in [0.2, 0.25) is 0 Å². The third-order valence-corrected chi connectivity index (χ3v) is 3.63. The first-order chi connectivity index (χ1) is 7.97. The first kappa shape index (κ1) is 12.1. The van der Waals surface area contributed by atoms with E-state index in [9.17, 15) is 5.11 Å². The molecule has 0 aliphatic rings. The van der Waals surface area contributed by atoms with E-state index in [1.54, 1.807) is 0 Å². The predicted molar refractivity (Wildman–Crippen MR) is 67.1 cm³/mol. The minimum Gasteiger partial charge on any atom is -0.393 e. The molecular formula is C13H18N2O2. The van der Waals surface area contributed by atoms with E-state index in [2.05, 4.69) is 23.8 Å². The van der Waals surface area contributed by atoms with Gasteiger partial charge in [0.15, 0.2) is 0 Å². The molecule has 2 rings (SSSR count). The lowest BCUT2D eigenvalue weighted by Crippen LogP contribution is -2.04. The second kappa shape index (κ2) is 4.13. The fourth-order valence-corrected chi connectivity index (χ4v) is 2.11. The van der Waals surface area contributed by atoms with Crippen molar-refractivity contribution in [2.45, 2.75) is 33.8 Å². The number of hydrogen-bond acceptors (Lipinski definition) is 3. The van der Waals surface area contributed by atoms with Crippen molar-refractivity contribution in [3.8, 4) is 0 Å². The molecule has 0 fully saturated rings. The Labute approximate surface area is 100 Å². The van der Waals surface area contributed by atoms with E-state index in [-0.39, 0.29) is 6.61 Å². The zero-order valence-corrected chi connectivity index (χ0v) is 10.6. The Morgan fingerprint density at radius 1 is 1.06 bits per heavy atom. The van der Waals surface area contributed by atoms with Gasteiger partial charge >= 0.3 is 0 Å². The van der Waals surface area contributed by atoms with Crippen LogP contribution < -0.4 is 0 Å². The van der Waals surface area contributed by atoms with Gasteiger partial charge in [-0.25, -0.2) is 4.98 Å². The molecule has 0 amide bonds. The molecule has 0 bridgehead atoms. The number of aryl methyl sites for hydroxylation is 2. The maximum atomic E-state index is 9.61. The second-order valence-corrected chi connectivity index (χ2v) is 4.54. The molecule has 2 aromatic rings. The van der Waals surface area contributed by atoms with Crippen LogP contribution in [0.1, 0.15) is 34.2 Å². The van der Waals surface area contributed by atoms with Crippen molar-refractivity contribution in [2.24, 2.45) is 0 Å². The molecular weight excluding hydrogens is 216 g/mol. The van der Waals surface area contributed by atoms with Crippen molar-refractivity contribution < 1.29 is 10.2 Å². The molecule has 4 nitrogen and oxygen atoms in total. The normalized spacial score (nSPS) is 13.3. The maximum Gasteiger partial charge on any atom is 0.138 e. The van der Waals surface area contributed by atoms with Crippen LogP contribution in [0.5, 0.6) is 0 Å². The molecule has 1 aromatic carbocycles. The van der Waals surface area contributed by atoms with Crippen molar-refractivity contribution in [1.29, 1.82) is 0 Å². The Morgan fingerprint density at radius 3 is 2.24 bits per heavy atom. The molecule has 3 N–H and O–H groups in total. The van der Waals surface area contributed by atoms with E-state index in [0.29, 0.717) is 5.82 Å². The summed E-state index contributed by atoms with van der Waals surface area (Å²) in [5, 5.41) is 18.6. The number of aliphatic hydroxyl groups is 2. The zero-order chi connectivity index (χ0) is 12.7. The van der Waals surface area contributed by atoms with Gasteiger partial charge in [-0.3, -0.25) is 0 Å². The predicted octanol–water partition coefficient (Wildman–Crippen LogP) is 1.82. The highest BCUT2D eigenvalue weighted by molar-refractivity contribution is 5.84. The Kier molecular flexibility index (Phi) is 2.93. The van der Waals surface area contributed by atoms with E-state index < -0.39 is 6.10 Å². The first-order valence-electron chi connectivity index (χ1n) is 5.72. The summed E-state index contributed by atoms with van der Waals surface area (Å²) < 4.78 is 0. The monoisotopic (exact) mass is 234 g/mol. The SMILES string of the molecule is Cc1c(C)c(C)c2[nH]c([C@H](O)CO)nc2c1C. The molecule has 92 valence electrons. The second-order valence-electron chi connectivity index (χ2n) is 4.54. The summed E-state index contributed by atoms with van der Waals surface area (Å²) in [6, 6.07) is 0. The summed E-state index contributed by atoms with van der Waals surface area (Å²) in [5.41, 5.74) is 6.57. The third kappa shape index (κ3) is 1.73. The van der Waals surface area contributed by atoms with Crippen LogP contribution in [0.15, 0.2) is 0 Å². The number of H-pyrrole nitrogens is 1. The van der Waals surface area contributed by atoms with Gasteiger partial charge in [0.1, 0.15) is 11.9 Å². The summed E-state index contributed by atoms with van der Waals surface area (Å²) in [6.07, 6.45) is -0.943. The molecule has 0 saturated heterocycles. The summed E-state index contributed by atoms with van der Waals surface area (Å²) >= 11 is 0. The zero-order valence-electron chi connectivity index (χ0n) is 10.6. The Balaban J connectivity index is 2.77. The largest absolute Gasteiger partial charge is 0.393 e. The molecule has 0 saturated carbocycles. The number of fused-ring (bicyclic) bond motifs is 1. The van der Waals surface area contributed by atoms with Crippen LogP contribution >= 0.6 is 0 Å². The Morgan fingerprint density at radius 2 is 1.65 bits per heavy atom. The number of nitrogens with one attached hydrogen (secondary N) is 1. The lowest BCUT2D eigenvalue weighted by atomic mass is 9.98. The lowest BCUT2D eigenvalue weighted by Gasteiger charge is -2.09. The molecule has 0 radical (unpaired) electrons.